The molecule has 12 nitrogen and oxygen atoms in total. The van der Waals surface area contributed by atoms with Gasteiger partial charge in [-0.05, 0) is 168 Å². The minimum Gasteiger partial charge on any atom is -0.342 e. The van der Waals surface area contributed by atoms with Gasteiger partial charge in [-0.3, -0.25) is 34.2 Å². The minimum atomic E-state index is 0.225. The molecule has 0 atom stereocenters. The number of aromatic nitrogens is 2. The van der Waals surface area contributed by atoms with Crippen molar-refractivity contribution in [1.29, 1.82) is 0 Å². The van der Waals surface area contributed by atoms with Gasteiger partial charge in [-0.15, -0.1) is 0 Å². The lowest BCUT2D eigenvalue weighted by atomic mass is 9.90. The van der Waals surface area contributed by atoms with Crippen LogP contribution in [0.5, 0.6) is 0 Å². The molecule has 2 N–H and O–H groups in total. The summed E-state index contributed by atoms with van der Waals surface area (Å²) >= 11 is 3.23. The number of alkyl halides is 1. The number of hydrogen-bond acceptors (Lipinski definition) is 9. The van der Waals surface area contributed by atoms with Crippen LogP contribution in [0, 0.1) is 17.8 Å². The molecule has 0 spiro atoms. The highest BCUT2D eigenvalue weighted by Crippen LogP contribution is 2.25. The molecule has 10 rings (SSSR count). The van der Waals surface area contributed by atoms with E-state index in [0.29, 0.717) is 43.3 Å². The molecule has 2 aromatic heterocycles. The Bertz CT molecular complexity index is 2400. The monoisotopic (exact) mass is 1140 g/mol. The normalized spacial score (nSPS) is 18.9. The zero-order valence-corrected chi connectivity index (χ0v) is 48.8. The van der Waals surface area contributed by atoms with Crippen molar-refractivity contribution in [3.8, 4) is 0 Å². The molecule has 3 fully saturated rings. The van der Waals surface area contributed by atoms with Crippen LogP contribution in [0.2, 0.25) is 0 Å². The van der Waals surface area contributed by atoms with Crippen molar-refractivity contribution in [2.75, 3.05) is 83.9 Å². The number of carbonyl (C=O) groups is 3. The lowest BCUT2D eigenvalue weighted by molar-refractivity contribution is -0.134. The second-order valence-electron chi connectivity index (χ2n) is 22.8. The van der Waals surface area contributed by atoms with Crippen molar-refractivity contribution in [1.82, 2.24) is 45.1 Å². The molecule has 79 heavy (non-hydrogen) atoms. The van der Waals surface area contributed by atoms with Gasteiger partial charge in [0.1, 0.15) is 0 Å². The average molecular weight is 1140 g/mol. The molecule has 424 valence electrons. The third-order valence-corrected chi connectivity index (χ3v) is 17.1. The van der Waals surface area contributed by atoms with Crippen molar-refractivity contribution in [2.24, 2.45) is 17.8 Å². The topological polar surface area (TPSA) is 117 Å². The number of amides is 3. The highest BCUT2D eigenvalue weighted by atomic mass is 79.9. The van der Waals surface area contributed by atoms with Gasteiger partial charge in [0.05, 0.1) is 41.2 Å². The van der Waals surface area contributed by atoms with Crippen LogP contribution in [0.3, 0.4) is 0 Å². The summed E-state index contributed by atoms with van der Waals surface area (Å²) in [5.74, 6) is 2.77. The van der Waals surface area contributed by atoms with Crippen LogP contribution in [0.1, 0.15) is 117 Å². The number of rotatable bonds is 11. The van der Waals surface area contributed by atoms with E-state index in [1.54, 1.807) is 0 Å². The van der Waals surface area contributed by atoms with Crippen LogP contribution >= 0.6 is 15.9 Å². The fraction of sp³-hybridized carbons (Fsp3) is 0.530. The summed E-state index contributed by atoms with van der Waals surface area (Å²) in [5, 5.41) is 7.31. The largest absolute Gasteiger partial charge is 0.342 e. The lowest BCUT2D eigenvalue weighted by Crippen LogP contribution is -2.45. The first-order chi connectivity index (χ1) is 38.8. The first kappa shape index (κ1) is 59.8. The molecular weight excluding hydrogens is 1050 g/mol. The molecule has 13 heteroatoms. The van der Waals surface area contributed by atoms with E-state index in [2.05, 4.69) is 179 Å². The molecule has 4 bridgehead atoms. The van der Waals surface area contributed by atoms with Gasteiger partial charge in [-0.2, -0.15) is 0 Å². The quantitative estimate of drug-likeness (QED) is 0.125. The summed E-state index contributed by atoms with van der Waals surface area (Å²) in [7, 11) is 0. The predicted octanol–water partition coefficient (Wildman–Crippen LogP) is 10.1. The predicted molar refractivity (Wildman–Crippen MR) is 322 cm³/mol. The first-order valence-corrected chi connectivity index (χ1v) is 31.2. The Kier molecular flexibility index (Phi) is 25.3. The van der Waals surface area contributed by atoms with E-state index >= 15 is 0 Å². The number of nitrogens with zero attached hydrogens (tertiary/aromatic N) is 7. The number of likely N-dealkylation sites (tertiary alicyclic amines) is 3. The molecule has 0 radical (unpaired) electrons. The smallest absolute Gasteiger partial charge is 0.236 e. The van der Waals surface area contributed by atoms with Crippen molar-refractivity contribution < 1.29 is 14.4 Å². The Balaban J connectivity index is 0.000000207. The number of piperidine rings is 3. The number of carbonyl (C=O) groups excluding carboxylic acids is 3. The Morgan fingerprint density at radius 1 is 0.405 bits per heavy atom. The summed E-state index contributed by atoms with van der Waals surface area (Å²) in [6.45, 7) is 13.3. The molecule has 7 heterocycles. The van der Waals surface area contributed by atoms with Crippen LogP contribution in [0.15, 0.2) is 127 Å². The average Bonchev–Trinajstić information content (AvgIpc) is 3.47. The third-order valence-electron chi connectivity index (χ3n) is 16.6. The van der Waals surface area contributed by atoms with Gasteiger partial charge in [0.25, 0.3) is 0 Å². The molecular formula is C66H90BrN9O3. The van der Waals surface area contributed by atoms with Crippen LogP contribution < -0.4 is 10.6 Å². The first-order valence-electron chi connectivity index (χ1n) is 30.1. The van der Waals surface area contributed by atoms with Gasteiger partial charge in [0.2, 0.25) is 17.7 Å². The number of hydrogen-bond donors (Lipinski definition) is 2. The van der Waals surface area contributed by atoms with Gasteiger partial charge in [-0.25, -0.2) is 0 Å². The summed E-state index contributed by atoms with van der Waals surface area (Å²) in [6.07, 6.45) is 17.0. The summed E-state index contributed by atoms with van der Waals surface area (Å²) in [5.41, 5.74) is 8.52. The standard InChI is InChI=1S/C40H53N5O2.C14H18BrNO.C12H19N3/c46-39(44-23-17-35(18-24-44)27-33-11-4-1-5-12-33)31-42-21-8-3-9-22-43(30-38-16-10-15-37(29-42)41-38)32-40(47)45-25-19-36(20-26-45)28-34-13-6-2-7-14-34;15-11-14(17)16-8-6-13(7-9-16)10-12-4-2-1-3-5-12;1-2-7-13-9-11-5-4-6-12(15-11)10-14-8-3-1/h1-2,4-7,10-16,35-36H,3,8-9,17-32H2;1-5,13H,6-11H2;4-6,13-14H,1-3,7-10H2. The number of nitrogens with one attached hydrogen (secondary N) is 2. The number of benzene rings is 3. The fourth-order valence-corrected chi connectivity index (χ4v) is 12.3. The van der Waals surface area contributed by atoms with E-state index in [0.717, 1.165) is 184 Å². The maximum Gasteiger partial charge on any atom is 0.236 e. The Hall–Kier alpha value is -5.31. The maximum atomic E-state index is 13.4. The molecule has 0 saturated carbocycles. The molecule has 5 aliphatic heterocycles. The second kappa shape index (κ2) is 33.4. The van der Waals surface area contributed by atoms with Crippen LogP contribution in [0.25, 0.3) is 0 Å². The molecule has 0 aliphatic carbocycles. The molecule has 5 aromatic rings. The summed E-state index contributed by atoms with van der Waals surface area (Å²) < 4.78 is 0. The summed E-state index contributed by atoms with van der Waals surface area (Å²) in [6, 6.07) is 44.6. The Morgan fingerprint density at radius 2 is 0.747 bits per heavy atom. The van der Waals surface area contributed by atoms with Crippen LogP contribution in [0.4, 0.5) is 0 Å². The van der Waals surface area contributed by atoms with Gasteiger partial charge in [0, 0.05) is 65.4 Å². The van der Waals surface area contributed by atoms with Gasteiger partial charge in [0.15, 0.2) is 0 Å². The van der Waals surface area contributed by atoms with Gasteiger partial charge >= 0.3 is 0 Å². The van der Waals surface area contributed by atoms with Crippen LogP contribution in [-0.2, 0) is 59.8 Å². The molecule has 3 amide bonds. The van der Waals surface area contributed by atoms with E-state index in [-0.39, 0.29) is 17.7 Å². The zero-order valence-electron chi connectivity index (χ0n) is 47.2. The van der Waals surface area contributed by atoms with Crippen LogP contribution in [-0.4, -0.2) is 136 Å². The number of fused-ring (bicyclic) bond motifs is 4. The fourth-order valence-electron chi connectivity index (χ4n) is 11.9. The van der Waals surface area contributed by atoms with Crippen molar-refractivity contribution in [3.63, 3.8) is 0 Å². The van der Waals surface area contributed by atoms with Crippen molar-refractivity contribution in [3.05, 3.63) is 167 Å². The molecule has 3 saturated heterocycles. The SMILES string of the molecule is O=C(CBr)N1CCC(Cc2ccccc2)CC1.O=C(CN1CCCCCN(CC(=O)N2CCC(Cc3ccccc3)CC2)Cc2cccc(n2)C1)N1CCC(Cc2ccccc2)CC1.c1cc2nc(c1)CNCCCCCNC2. The Morgan fingerprint density at radius 3 is 1.13 bits per heavy atom. The number of halogens is 1. The minimum absolute atomic E-state index is 0.225. The molecule has 5 aliphatic rings. The van der Waals surface area contributed by atoms with Gasteiger partial charge in [-0.1, -0.05) is 132 Å². The Labute approximate surface area is 481 Å². The van der Waals surface area contributed by atoms with E-state index in [9.17, 15) is 14.4 Å². The van der Waals surface area contributed by atoms with E-state index in [1.165, 1.54) is 36.0 Å². The van der Waals surface area contributed by atoms with E-state index in [1.807, 2.05) is 4.90 Å². The van der Waals surface area contributed by atoms with E-state index < -0.39 is 0 Å². The summed E-state index contributed by atoms with van der Waals surface area (Å²) in [4.78, 5) is 58.7. The van der Waals surface area contributed by atoms with E-state index in [4.69, 9.17) is 4.98 Å². The van der Waals surface area contributed by atoms with Crippen molar-refractivity contribution >= 4 is 33.7 Å². The molecule has 3 aromatic carbocycles. The van der Waals surface area contributed by atoms with Crippen molar-refractivity contribution in [2.45, 2.75) is 122 Å². The zero-order chi connectivity index (χ0) is 54.7. The third kappa shape index (κ3) is 21.3. The number of pyridine rings is 2. The highest BCUT2D eigenvalue weighted by Gasteiger charge is 2.27. The second-order valence-corrected chi connectivity index (χ2v) is 23.4. The highest BCUT2D eigenvalue weighted by molar-refractivity contribution is 9.09. The lowest BCUT2D eigenvalue weighted by Gasteiger charge is -2.34. The molecule has 0 unspecified atom stereocenters. The van der Waals surface area contributed by atoms with Gasteiger partial charge < -0.3 is 25.3 Å². The maximum absolute atomic E-state index is 13.4.